The first-order chi connectivity index (χ1) is 16.6. The Bertz CT molecular complexity index is 1160. The van der Waals surface area contributed by atoms with Gasteiger partial charge in [-0.3, -0.25) is 4.57 Å². The van der Waals surface area contributed by atoms with Gasteiger partial charge in [-0.15, -0.1) is 0 Å². The van der Waals surface area contributed by atoms with Crippen molar-refractivity contribution < 1.29 is 13.6 Å². The maximum absolute atomic E-state index is 12.8. The zero-order valence-electron chi connectivity index (χ0n) is 19.6. The Balaban J connectivity index is 1.56. The molecule has 0 aliphatic carbocycles. The van der Waals surface area contributed by atoms with Gasteiger partial charge in [0.1, 0.15) is 0 Å². The van der Waals surface area contributed by atoms with E-state index in [0.29, 0.717) is 13.2 Å². The van der Waals surface area contributed by atoms with Gasteiger partial charge in [0.15, 0.2) is 0 Å². The summed E-state index contributed by atoms with van der Waals surface area (Å²) in [5, 5.41) is 0. The zero-order valence-corrected chi connectivity index (χ0v) is 20.5. The van der Waals surface area contributed by atoms with E-state index in [0.717, 1.165) is 33.8 Å². The molecule has 0 heterocycles. The average Bonchev–Trinajstić information content (AvgIpc) is 2.87. The summed E-state index contributed by atoms with van der Waals surface area (Å²) in [5.74, 6) is 0. The van der Waals surface area contributed by atoms with Gasteiger partial charge in [0.2, 0.25) is 0 Å². The molecule has 0 amide bonds. The number of nitrogens with zero attached hydrogens (tertiary/aromatic N) is 1. The molecule has 0 radical (unpaired) electrons. The molecule has 174 valence electrons. The minimum Gasteiger partial charge on any atom is -0.311 e. The van der Waals surface area contributed by atoms with Gasteiger partial charge < -0.3 is 13.9 Å². The van der Waals surface area contributed by atoms with Crippen molar-refractivity contribution in [2.75, 3.05) is 18.1 Å². The van der Waals surface area contributed by atoms with Crippen molar-refractivity contribution in [2.24, 2.45) is 0 Å². The first-order valence-corrected chi connectivity index (χ1v) is 13.3. The van der Waals surface area contributed by atoms with E-state index < -0.39 is 7.60 Å². The van der Waals surface area contributed by atoms with E-state index in [1.165, 1.54) is 0 Å². The first-order valence-electron chi connectivity index (χ1n) is 11.6. The molecule has 0 aliphatic heterocycles. The van der Waals surface area contributed by atoms with Gasteiger partial charge in [-0.05, 0) is 66.9 Å². The van der Waals surface area contributed by atoms with Crippen molar-refractivity contribution in [3.63, 3.8) is 0 Å². The molecule has 4 aromatic carbocycles. The average molecular weight is 472 g/mol. The molecule has 34 heavy (non-hydrogen) atoms. The Kier molecular flexibility index (Phi) is 7.97. The smallest absolute Gasteiger partial charge is 0.311 e. The molecule has 0 fully saturated rings. The van der Waals surface area contributed by atoms with Crippen LogP contribution in [0.4, 0.5) is 17.1 Å². The third-order valence-electron chi connectivity index (χ3n) is 5.47. The summed E-state index contributed by atoms with van der Waals surface area (Å²) in [7, 11) is -3.11. The molecule has 5 heteroatoms. The number of rotatable bonds is 10. The molecule has 0 saturated carbocycles. The number of benzene rings is 4. The molecule has 4 rings (SSSR count). The normalized spacial score (nSPS) is 11.4. The Hall–Kier alpha value is -3.17. The largest absolute Gasteiger partial charge is 0.335 e. The fraction of sp³-hybridized carbons (Fsp3) is 0.172. The molecule has 0 N–H and O–H groups in total. The predicted molar refractivity (Wildman–Crippen MR) is 141 cm³/mol. The monoisotopic (exact) mass is 471 g/mol. The van der Waals surface area contributed by atoms with Crippen molar-refractivity contribution in [1.82, 2.24) is 0 Å². The lowest BCUT2D eigenvalue weighted by Crippen LogP contribution is -2.09. The van der Waals surface area contributed by atoms with E-state index in [9.17, 15) is 4.57 Å². The van der Waals surface area contributed by atoms with Gasteiger partial charge in [0.25, 0.3) is 0 Å². The molecule has 4 nitrogen and oxygen atoms in total. The SMILES string of the molecule is CCOP(=O)(Cc1ccc(-c2ccc(N(c3ccccc3)c3ccccc3)cc2)cc1)OCC. The Morgan fingerprint density at radius 3 is 1.44 bits per heavy atom. The van der Waals surface area contributed by atoms with E-state index in [1.807, 2.05) is 38.1 Å². The summed E-state index contributed by atoms with van der Waals surface area (Å²) in [6, 6.07) is 37.4. The van der Waals surface area contributed by atoms with E-state index in [4.69, 9.17) is 9.05 Å². The molecule has 0 unspecified atom stereocenters. The Morgan fingerprint density at radius 1 is 0.588 bits per heavy atom. The highest BCUT2D eigenvalue weighted by Crippen LogP contribution is 2.51. The highest BCUT2D eigenvalue weighted by atomic mass is 31.2. The fourth-order valence-corrected chi connectivity index (χ4v) is 5.65. The van der Waals surface area contributed by atoms with Gasteiger partial charge in [-0.1, -0.05) is 72.8 Å². The summed E-state index contributed by atoms with van der Waals surface area (Å²) in [5.41, 5.74) is 6.47. The number of anilines is 3. The molecule has 0 aliphatic rings. The molecular formula is C29H30NO3P. The molecule has 0 atom stereocenters. The third kappa shape index (κ3) is 5.84. The lowest BCUT2D eigenvalue weighted by molar-refractivity contribution is 0.219. The van der Waals surface area contributed by atoms with Crippen LogP contribution >= 0.6 is 7.60 Å². The maximum atomic E-state index is 12.8. The fourth-order valence-electron chi connectivity index (χ4n) is 3.95. The van der Waals surface area contributed by atoms with E-state index in [2.05, 4.69) is 89.8 Å². The summed E-state index contributed by atoms with van der Waals surface area (Å²) >= 11 is 0. The van der Waals surface area contributed by atoms with Crippen molar-refractivity contribution in [1.29, 1.82) is 0 Å². The van der Waals surface area contributed by atoms with Crippen LogP contribution in [0.1, 0.15) is 19.4 Å². The van der Waals surface area contributed by atoms with E-state index in [1.54, 1.807) is 0 Å². The number of hydrogen-bond donors (Lipinski definition) is 0. The minimum absolute atomic E-state index is 0.275. The Morgan fingerprint density at radius 2 is 1.00 bits per heavy atom. The molecule has 0 bridgehead atoms. The topological polar surface area (TPSA) is 38.8 Å². The third-order valence-corrected chi connectivity index (χ3v) is 7.53. The lowest BCUT2D eigenvalue weighted by atomic mass is 10.0. The van der Waals surface area contributed by atoms with Crippen molar-refractivity contribution in [2.45, 2.75) is 20.0 Å². The van der Waals surface area contributed by atoms with Crippen LogP contribution in [0.2, 0.25) is 0 Å². The van der Waals surface area contributed by atoms with Crippen LogP contribution in [0.25, 0.3) is 11.1 Å². The van der Waals surface area contributed by atoms with Crippen LogP contribution < -0.4 is 4.90 Å². The van der Waals surface area contributed by atoms with Crippen molar-refractivity contribution in [3.05, 3.63) is 115 Å². The second-order valence-electron chi connectivity index (χ2n) is 7.85. The number of para-hydroxylation sites is 2. The number of hydrogen-bond acceptors (Lipinski definition) is 4. The molecule has 4 aromatic rings. The molecule has 0 spiro atoms. The molecular weight excluding hydrogens is 441 g/mol. The minimum atomic E-state index is -3.11. The van der Waals surface area contributed by atoms with E-state index in [-0.39, 0.29) is 6.16 Å². The quantitative estimate of drug-likeness (QED) is 0.217. The highest BCUT2D eigenvalue weighted by molar-refractivity contribution is 7.53. The van der Waals surface area contributed by atoms with Crippen LogP contribution in [0.15, 0.2) is 109 Å². The molecule has 0 aromatic heterocycles. The van der Waals surface area contributed by atoms with Gasteiger partial charge in [0.05, 0.1) is 19.4 Å². The van der Waals surface area contributed by atoms with Gasteiger partial charge in [-0.25, -0.2) is 0 Å². The summed E-state index contributed by atoms with van der Waals surface area (Å²) in [6.45, 7) is 4.39. The summed E-state index contributed by atoms with van der Waals surface area (Å²) < 4.78 is 23.7. The summed E-state index contributed by atoms with van der Waals surface area (Å²) in [6.07, 6.45) is 0.275. The maximum Gasteiger partial charge on any atom is 0.335 e. The Labute approximate surface area is 202 Å². The van der Waals surface area contributed by atoms with Crippen LogP contribution in [0, 0.1) is 0 Å². The van der Waals surface area contributed by atoms with E-state index >= 15 is 0 Å². The predicted octanol–water partition coefficient (Wildman–Crippen LogP) is 8.59. The van der Waals surface area contributed by atoms with Crippen molar-refractivity contribution >= 4 is 24.7 Å². The van der Waals surface area contributed by atoms with Gasteiger partial charge in [-0.2, -0.15) is 0 Å². The zero-order chi connectivity index (χ0) is 23.8. The van der Waals surface area contributed by atoms with Crippen molar-refractivity contribution in [3.8, 4) is 11.1 Å². The second-order valence-corrected chi connectivity index (χ2v) is 9.91. The lowest BCUT2D eigenvalue weighted by Gasteiger charge is -2.25. The van der Waals surface area contributed by atoms with Gasteiger partial charge >= 0.3 is 7.60 Å². The first kappa shape index (κ1) is 24.0. The summed E-state index contributed by atoms with van der Waals surface area (Å²) in [4.78, 5) is 2.24. The second kappa shape index (κ2) is 11.3. The van der Waals surface area contributed by atoms with Gasteiger partial charge in [0, 0.05) is 17.1 Å². The standard InChI is InChI=1S/C29H30NO3P/c1-3-32-34(31,33-4-2)23-24-15-17-25(18-16-24)26-19-21-29(22-20-26)30(27-11-7-5-8-12-27)28-13-9-6-10-14-28/h5-22H,3-4,23H2,1-2H3. The highest BCUT2D eigenvalue weighted by Gasteiger charge is 2.24. The van der Waals surface area contributed by atoms with Crippen LogP contribution in [0.3, 0.4) is 0 Å². The van der Waals surface area contributed by atoms with Crippen LogP contribution in [-0.4, -0.2) is 13.2 Å². The van der Waals surface area contributed by atoms with Crippen LogP contribution in [-0.2, 0) is 19.8 Å². The molecule has 0 saturated heterocycles. The van der Waals surface area contributed by atoms with Crippen LogP contribution in [0.5, 0.6) is 0 Å².